The van der Waals surface area contributed by atoms with E-state index in [1.54, 1.807) is 0 Å². The fourth-order valence-corrected chi connectivity index (χ4v) is 10.8. The summed E-state index contributed by atoms with van der Waals surface area (Å²) in [5.74, 6) is -0.855. The standard InChI is InChI=1S/C75H138O6/c1-4-7-10-13-16-19-22-25-28-31-33-34-35-36-37-38-39-40-42-44-47-50-53-56-59-62-65-68-74(77)80-71-72(70-79-73(76)67-64-61-58-55-52-49-46-43-30-27-24-21-18-15-12-9-6-3)81-75(78)69-66-63-60-57-54-51-48-45-41-32-29-26-23-20-17-14-11-8-5-2/h17,20,26-27,29-31,33,72H,4-16,18-19,21-25,28,32,34-71H2,1-3H3/b20-17-,29-26-,30-27-,33-31-. The van der Waals surface area contributed by atoms with E-state index >= 15 is 0 Å². The summed E-state index contributed by atoms with van der Waals surface area (Å²) in [6, 6.07) is 0. The Kier molecular flexibility index (Phi) is 67.6. The third-order valence-electron chi connectivity index (χ3n) is 16.3. The zero-order valence-electron chi connectivity index (χ0n) is 54.6. The van der Waals surface area contributed by atoms with Gasteiger partial charge in [-0.2, -0.15) is 0 Å². The van der Waals surface area contributed by atoms with Gasteiger partial charge in [0.2, 0.25) is 0 Å². The molecule has 0 aromatic heterocycles. The molecule has 0 amide bonds. The summed E-state index contributed by atoms with van der Waals surface area (Å²) in [4.78, 5) is 38.5. The van der Waals surface area contributed by atoms with Gasteiger partial charge in [-0.1, -0.05) is 320 Å². The molecule has 0 N–H and O–H groups in total. The Morgan fingerprint density at radius 2 is 0.444 bits per heavy atom. The Morgan fingerprint density at radius 3 is 0.716 bits per heavy atom. The van der Waals surface area contributed by atoms with E-state index in [2.05, 4.69) is 69.4 Å². The van der Waals surface area contributed by atoms with Gasteiger partial charge in [0.05, 0.1) is 0 Å². The first-order valence-electron chi connectivity index (χ1n) is 36.1. The van der Waals surface area contributed by atoms with E-state index in [-0.39, 0.29) is 31.1 Å². The maximum absolute atomic E-state index is 13.0. The number of carbonyl (C=O) groups is 3. The Hall–Kier alpha value is -2.63. The first-order chi connectivity index (χ1) is 40.0. The van der Waals surface area contributed by atoms with Crippen LogP contribution in [0.4, 0.5) is 0 Å². The summed E-state index contributed by atoms with van der Waals surface area (Å²) in [6.45, 7) is 6.67. The van der Waals surface area contributed by atoms with Crippen LogP contribution < -0.4 is 0 Å². The van der Waals surface area contributed by atoms with E-state index in [0.29, 0.717) is 19.3 Å². The van der Waals surface area contributed by atoms with Crippen LogP contribution in [0, 0.1) is 0 Å². The van der Waals surface area contributed by atoms with E-state index in [9.17, 15) is 14.4 Å². The lowest BCUT2D eigenvalue weighted by molar-refractivity contribution is -0.167. The molecule has 0 radical (unpaired) electrons. The summed E-state index contributed by atoms with van der Waals surface area (Å²) >= 11 is 0. The number of allylic oxidation sites excluding steroid dienone is 8. The van der Waals surface area contributed by atoms with Crippen molar-refractivity contribution in [2.24, 2.45) is 0 Å². The van der Waals surface area contributed by atoms with Crippen molar-refractivity contribution in [1.82, 2.24) is 0 Å². The van der Waals surface area contributed by atoms with Gasteiger partial charge in [-0.05, 0) is 103 Å². The number of rotatable bonds is 67. The molecule has 1 atom stereocenters. The molecular weight excluding hydrogens is 997 g/mol. The van der Waals surface area contributed by atoms with Crippen molar-refractivity contribution in [3.05, 3.63) is 48.6 Å². The van der Waals surface area contributed by atoms with Crippen molar-refractivity contribution in [2.45, 2.75) is 399 Å². The Bertz CT molecular complexity index is 1400. The van der Waals surface area contributed by atoms with Gasteiger partial charge in [-0.3, -0.25) is 14.4 Å². The van der Waals surface area contributed by atoms with Crippen LogP contribution in [-0.4, -0.2) is 37.2 Å². The molecule has 0 fully saturated rings. The molecular formula is C75H138O6. The van der Waals surface area contributed by atoms with Crippen molar-refractivity contribution in [3.63, 3.8) is 0 Å². The van der Waals surface area contributed by atoms with E-state index in [1.807, 2.05) is 0 Å². The van der Waals surface area contributed by atoms with Crippen LogP contribution in [0.3, 0.4) is 0 Å². The number of unbranched alkanes of at least 4 members (excludes halogenated alkanes) is 48. The normalized spacial score (nSPS) is 12.3. The van der Waals surface area contributed by atoms with Gasteiger partial charge in [-0.15, -0.1) is 0 Å². The second kappa shape index (κ2) is 69.9. The van der Waals surface area contributed by atoms with Crippen LogP contribution in [0.25, 0.3) is 0 Å². The van der Waals surface area contributed by atoms with E-state index < -0.39 is 6.10 Å². The van der Waals surface area contributed by atoms with Crippen LogP contribution in [-0.2, 0) is 28.6 Å². The summed E-state index contributed by atoms with van der Waals surface area (Å²) in [7, 11) is 0. The van der Waals surface area contributed by atoms with Crippen LogP contribution >= 0.6 is 0 Å². The monoisotopic (exact) mass is 1140 g/mol. The minimum absolute atomic E-state index is 0.0725. The van der Waals surface area contributed by atoms with E-state index in [0.717, 1.165) is 64.2 Å². The van der Waals surface area contributed by atoms with Crippen molar-refractivity contribution < 1.29 is 28.6 Å². The highest BCUT2D eigenvalue weighted by molar-refractivity contribution is 5.71. The lowest BCUT2D eigenvalue weighted by Crippen LogP contribution is -2.30. The Labute approximate surface area is 505 Å². The number of ether oxygens (including phenoxy) is 3. The van der Waals surface area contributed by atoms with Crippen LogP contribution in [0.2, 0.25) is 0 Å². The summed E-state index contributed by atoms with van der Waals surface area (Å²) in [5, 5.41) is 0. The largest absolute Gasteiger partial charge is 0.462 e. The molecule has 0 rings (SSSR count). The Morgan fingerprint density at radius 1 is 0.247 bits per heavy atom. The highest BCUT2D eigenvalue weighted by atomic mass is 16.6. The Balaban J connectivity index is 4.27. The van der Waals surface area contributed by atoms with E-state index in [4.69, 9.17) is 14.2 Å². The van der Waals surface area contributed by atoms with Crippen molar-refractivity contribution in [1.29, 1.82) is 0 Å². The molecule has 0 aliphatic carbocycles. The molecule has 0 heterocycles. The van der Waals surface area contributed by atoms with Crippen molar-refractivity contribution >= 4 is 17.9 Å². The third kappa shape index (κ3) is 68.0. The summed E-state index contributed by atoms with van der Waals surface area (Å²) in [5.41, 5.74) is 0. The minimum Gasteiger partial charge on any atom is -0.462 e. The van der Waals surface area contributed by atoms with Crippen molar-refractivity contribution in [2.75, 3.05) is 13.2 Å². The lowest BCUT2D eigenvalue weighted by Gasteiger charge is -2.18. The summed E-state index contributed by atoms with van der Waals surface area (Å²) in [6.07, 6.45) is 88.5. The third-order valence-corrected chi connectivity index (χ3v) is 16.3. The maximum Gasteiger partial charge on any atom is 0.306 e. The van der Waals surface area contributed by atoms with Crippen LogP contribution in [0.15, 0.2) is 48.6 Å². The van der Waals surface area contributed by atoms with Gasteiger partial charge in [-0.25, -0.2) is 0 Å². The molecule has 6 nitrogen and oxygen atoms in total. The smallest absolute Gasteiger partial charge is 0.306 e. The van der Waals surface area contributed by atoms with Gasteiger partial charge in [0.1, 0.15) is 13.2 Å². The van der Waals surface area contributed by atoms with Crippen LogP contribution in [0.5, 0.6) is 0 Å². The zero-order valence-corrected chi connectivity index (χ0v) is 54.6. The molecule has 0 aromatic rings. The van der Waals surface area contributed by atoms with Crippen LogP contribution in [0.1, 0.15) is 393 Å². The number of hydrogen-bond acceptors (Lipinski definition) is 6. The fraction of sp³-hybridized carbons (Fsp3) is 0.853. The average molecular weight is 1140 g/mol. The topological polar surface area (TPSA) is 78.9 Å². The molecule has 474 valence electrons. The van der Waals surface area contributed by atoms with Gasteiger partial charge in [0, 0.05) is 19.3 Å². The molecule has 0 aliphatic rings. The average Bonchev–Trinajstić information content (AvgIpc) is 3.47. The van der Waals surface area contributed by atoms with E-state index in [1.165, 1.54) is 289 Å². The molecule has 6 heteroatoms. The molecule has 0 saturated carbocycles. The summed E-state index contributed by atoms with van der Waals surface area (Å²) < 4.78 is 17.0. The first-order valence-corrected chi connectivity index (χ1v) is 36.1. The molecule has 1 unspecified atom stereocenters. The predicted molar refractivity (Wildman–Crippen MR) is 353 cm³/mol. The number of esters is 3. The molecule has 0 saturated heterocycles. The fourth-order valence-electron chi connectivity index (χ4n) is 10.8. The number of carbonyl (C=O) groups excluding carboxylic acids is 3. The lowest BCUT2D eigenvalue weighted by atomic mass is 10.0. The van der Waals surface area contributed by atoms with Gasteiger partial charge >= 0.3 is 17.9 Å². The molecule has 0 aliphatic heterocycles. The molecule has 0 spiro atoms. The second-order valence-electron chi connectivity index (χ2n) is 24.5. The molecule has 0 aromatic carbocycles. The first kappa shape index (κ1) is 78.4. The van der Waals surface area contributed by atoms with Gasteiger partial charge in [0.15, 0.2) is 6.10 Å². The highest BCUT2D eigenvalue weighted by Gasteiger charge is 2.19. The molecule has 81 heavy (non-hydrogen) atoms. The second-order valence-corrected chi connectivity index (χ2v) is 24.5. The number of hydrogen-bond donors (Lipinski definition) is 0. The minimum atomic E-state index is -0.778. The van der Waals surface area contributed by atoms with Gasteiger partial charge < -0.3 is 14.2 Å². The SMILES string of the molecule is CCCCC/C=C\C/C=C\CCCCCCCCCCCC(=O)OC(COC(=O)CCCCCCCCC/C=C\CCCCCCCC)COC(=O)CCCCCCCCCCCCCCCCC/C=C\CCCCCCCCCC. The van der Waals surface area contributed by atoms with Gasteiger partial charge in [0.25, 0.3) is 0 Å². The zero-order chi connectivity index (χ0) is 58.5. The quantitative estimate of drug-likeness (QED) is 0.0261. The predicted octanol–water partition coefficient (Wildman–Crippen LogP) is 24.9. The highest BCUT2D eigenvalue weighted by Crippen LogP contribution is 2.18. The maximum atomic E-state index is 13.0. The molecule has 0 bridgehead atoms. The van der Waals surface area contributed by atoms with Crippen molar-refractivity contribution in [3.8, 4) is 0 Å².